The van der Waals surface area contributed by atoms with Crippen molar-refractivity contribution in [1.82, 2.24) is 9.88 Å². The lowest BCUT2D eigenvalue weighted by molar-refractivity contribution is 0.0710. The molecule has 1 saturated heterocycles. The molecule has 4 rings (SSSR count). The summed E-state index contributed by atoms with van der Waals surface area (Å²) in [6.07, 6.45) is 5.67. The van der Waals surface area contributed by atoms with Crippen LogP contribution in [0, 0.1) is 0 Å². The topological polar surface area (TPSA) is 63.7 Å². The smallest absolute Gasteiger partial charge is 0.256 e. The Morgan fingerprint density at radius 1 is 1.31 bits per heavy atom. The van der Waals surface area contributed by atoms with Crippen LogP contribution < -0.4 is 14.8 Å². The molecular formula is C19H21N3O3S. The third-order valence-electron chi connectivity index (χ3n) is 4.65. The summed E-state index contributed by atoms with van der Waals surface area (Å²) in [4.78, 5) is 19.2. The minimum atomic E-state index is 0.0552. The van der Waals surface area contributed by atoms with Crippen LogP contribution in [0.4, 0.5) is 5.69 Å². The van der Waals surface area contributed by atoms with E-state index in [-0.39, 0.29) is 18.7 Å². The first-order chi connectivity index (χ1) is 12.7. The first-order valence-electron chi connectivity index (χ1n) is 8.69. The molecule has 7 heteroatoms. The van der Waals surface area contributed by atoms with E-state index in [1.165, 1.54) is 11.8 Å². The lowest BCUT2D eigenvalue weighted by Crippen LogP contribution is -2.45. The Kier molecular flexibility index (Phi) is 4.88. The minimum absolute atomic E-state index is 0.0552. The van der Waals surface area contributed by atoms with E-state index < -0.39 is 0 Å². The highest BCUT2D eigenvalue weighted by atomic mass is 32.2. The highest BCUT2D eigenvalue weighted by Gasteiger charge is 2.26. The molecule has 1 amide bonds. The van der Waals surface area contributed by atoms with E-state index in [1.54, 1.807) is 6.20 Å². The SMILES string of the molecule is CSc1ncccc1C(=O)N1CCCC(Nc2ccc3c(c2)OCO3)C1. The number of carbonyl (C=O) groups excluding carboxylic acids is 1. The molecule has 0 radical (unpaired) electrons. The lowest BCUT2D eigenvalue weighted by Gasteiger charge is -2.34. The summed E-state index contributed by atoms with van der Waals surface area (Å²) in [6, 6.07) is 9.74. The Balaban J connectivity index is 1.45. The average molecular weight is 371 g/mol. The minimum Gasteiger partial charge on any atom is -0.454 e. The van der Waals surface area contributed by atoms with Gasteiger partial charge in [-0.15, -0.1) is 11.8 Å². The zero-order chi connectivity index (χ0) is 17.9. The number of ether oxygens (including phenoxy) is 2. The number of thioether (sulfide) groups is 1. The fraction of sp³-hybridized carbons (Fsp3) is 0.368. The predicted molar refractivity (Wildman–Crippen MR) is 101 cm³/mol. The maximum atomic E-state index is 12.9. The molecule has 1 atom stereocenters. The molecule has 136 valence electrons. The molecule has 1 N–H and O–H groups in total. The first-order valence-corrected chi connectivity index (χ1v) is 9.91. The van der Waals surface area contributed by atoms with Crippen LogP contribution in [0.2, 0.25) is 0 Å². The molecule has 0 saturated carbocycles. The number of piperidine rings is 1. The Hall–Kier alpha value is -2.41. The van der Waals surface area contributed by atoms with Gasteiger partial charge in [-0.1, -0.05) is 0 Å². The highest BCUT2D eigenvalue weighted by molar-refractivity contribution is 7.98. The van der Waals surface area contributed by atoms with Crippen molar-refractivity contribution in [3.8, 4) is 11.5 Å². The van der Waals surface area contributed by atoms with Gasteiger partial charge in [-0.3, -0.25) is 4.79 Å². The average Bonchev–Trinajstić information content (AvgIpc) is 3.15. The summed E-state index contributed by atoms with van der Waals surface area (Å²) in [5.41, 5.74) is 1.67. The number of nitrogens with one attached hydrogen (secondary N) is 1. The molecule has 26 heavy (non-hydrogen) atoms. The van der Waals surface area contributed by atoms with Crippen molar-refractivity contribution in [2.24, 2.45) is 0 Å². The quantitative estimate of drug-likeness (QED) is 0.833. The van der Waals surface area contributed by atoms with Crippen molar-refractivity contribution in [3.05, 3.63) is 42.1 Å². The van der Waals surface area contributed by atoms with E-state index in [2.05, 4.69) is 10.3 Å². The van der Waals surface area contributed by atoms with Gasteiger partial charge in [-0.2, -0.15) is 0 Å². The lowest BCUT2D eigenvalue weighted by atomic mass is 10.0. The highest BCUT2D eigenvalue weighted by Crippen LogP contribution is 2.34. The molecule has 0 bridgehead atoms. The number of fused-ring (bicyclic) bond motifs is 1. The molecule has 1 unspecified atom stereocenters. The summed E-state index contributed by atoms with van der Waals surface area (Å²) < 4.78 is 10.8. The number of anilines is 1. The summed E-state index contributed by atoms with van der Waals surface area (Å²) >= 11 is 1.50. The molecular weight excluding hydrogens is 350 g/mol. The maximum absolute atomic E-state index is 12.9. The second kappa shape index (κ2) is 7.45. The van der Waals surface area contributed by atoms with E-state index in [1.807, 2.05) is 41.5 Å². The molecule has 3 heterocycles. The number of nitrogens with zero attached hydrogens (tertiary/aromatic N) is 2. The molecule has 0 spiro atoms. The molecule has 2 aliphatic rings. The molecule has 1 aromatic heterocycles. The maximum Gasteiger partial charge on any atom is 0.256 e. The van der Waals surface area contributed by atoms with Gasteiger partial charge in [0.05, 0.1) is 5.56 Å². The zero-order valence-electron chi connectivity index (χ0n) is 14.6. The van der Waals surface area contributed by atoms with Crippen molar-refractivity contribution in [2.45, 2.75) is 23.9 Å². The van der Waals surface area contributed by atoms with Gasteiger partial charge in [0.25, 0.3) is 5.91 Å². The van der Waals surface area contributed by atoms with Crippen molar-refractivity contribution in [3.63, 3.8) is 0 Å². The standard InChI is InChI=1S/C19H21N3O3S/c1-26-18-15(5-2-8-20-18)19(23)22-9-3-4-14(11-22)21-13-6-7-16-17(10-13)25-12-24-16/h2,5-8,10,14,21H,3-4,9,11-12H2,1H3. The van der Waals surface area contributed by atoms with Crippen LogP contribution in [0.5, 0.6) is 11.5 Å². The number of hydrogen-bond donors (Lipinski definition) is 1. The second-order valence-electron chi connectivity index (χ2n) is 6.36. The van der Waals surface area contributed by atoms with E-state index in [4.69, 9.17) is 9.47 Å². The van der Waals surface area contributed by atoms with Crippen molar-refractivity contribution < 1.29 is 14.3 Å². The Bertz CT molecular complexity index is 814. The zero-order valence-corrected chi connectivity index (χ0v) is 15.4. The van der Waals surface area contributed by atoms with Gasteiger partial charge in [0.1, 0.15) is 5.03 Å². The molecule has 6 nitrogen and oxygen atoms in total. The summed E-state index contributed by atoms with van der Waals surface area (Å²) in [7, 11) is 0. The summed E-state index contributed by atoms with van der Waals surface area (Å²) in [5.74, 6) is 1.59. The van der Waals surface area contributed by atoms with E-state index in [9.17, 15) is 4.79 Å². The number of carbonyl (C=O) groups is 1. The molecule has 2 aromatic rings. The fourth-order valence-electron chi connectivity index (χ4n) is 3.39. The van der Waals surface area contributed by atoms with Gasteiger partial charge in [0, 0.05) is 37.1 Å². The summed E-state index contributed by atoms with van der Waals surface area (Å²) in [5, 5.41) is 4.31. The van der Waals surface area contributed by atoms with Crippen LogP contribution in [0.1, 0.15) is 23.2 Å². The van der Waals surface area contributed by atoms with Crippen LogP contribution in [-0.4, -0.2) is 48.0 Å². The van der Waals surface area contributed by atoms with Crippen LogP contribution in [0.25, 0.3) is 0 Å². The third kappa shape index (κ3) is 3.44. The van der Waals surface area contributed by atoms with Crippen LogP contribution in [-0.2, 0) is 0 Å². The number of benzene rings is 1. The number of rotatable bonds is 4. The van der Waals surface area contributed by atoms with Gasteiger partial charge in [0.2, 0.25) is 6.79 Å². The number of pyridine rings is 1. The third-order valence-corrected chi connectivity index (χ3v) is 5.36. The largest absolute Gasteiger partial charge is 0.454 e. The van der Waals surface area contributed by atoms with Crippen LogP contribution in [0.15, 0.2) is 41.6 Å². The van der Waals surface area contributed by atoms with E-state index >= 15 is 0 Å². The monoisotopic (exact) mass is 371 g/mol. The Morgan fingerprint density at radius 2 is 2.19 bits per heavy atom. The van der Waals surface area contributed by atoms with Crippen molar-refractivity contribution in [1.29, 1.82) is 0 Å². The van der Waals surface area contributed by atoms with Gasteiger partial charge < -0.3 is 19.7 Å². The van der Waals surface area contributed by atoms with Crippen LogP contribution >= 0.6 is 11.8 Å². The predicted octanol–water partition coefficient (Wildman–Crippen LogP) is 3.25. The van der Waals surface area contributed by atoms with Crippen molar-refractivity contribution in [2.75, 3.05) is 31.5 Å². The number of hydrogen-bond acceptors (Lipinski definition) is 6. The molecule has 2 aliphatic heterocycles. The van der Waals surface area contributed by atoms with E-state index in [0.717, 1.165) is 41.6 Å². The molecule has 0 aliphatic carbocycles. The van der Waals surface area contributed by atoms with Gasteiger partial charge >= 0.3 is 0 Å². The molecule has 1 fully saturated rings. The fourth-order valence-corrected chi connectivity index (χ4v) is 3.93. The van der Waals surface area contributed by atoms with Crippen molar-refractivity contribution >= 4 is 23.4 Å². The Morgan fingerprint density at radius 3 is 3.08 bits per heavy atom. The van der Waals surface area contributed by atoms with Gasteiger partial charge in [0.15, 0.2) is 11.5 Å². The van der Waals surface area contributed by atoms with Gasteiger partial charge in [-0.05, 0) is 43.4 Å². The number of aromatic nitrogens is 1. The van der Waals surface area contributed by atoms with Gasteiger partial charge in [-0.25, -0.2) is 4.98 Å². The van der Waals surface area contributed by atoms with E-state index in [0.29, 0.717) is 12.1 Å². The Labute approximate surface area is 156 Å². The second-order valence-corrected chi connectivity index (χ2v) is 7.16. The number of likely N-dealkylation sites (tertiary alicyclic amines) is 1. The van der Waals surface area contributed by atoms with Crippen LogP contribution in [0.3, 0.4) is 0 Å². The first kappa shape index (κ1) is 17.0. The molecule has 1 aromatic carbocycles. The number of amides is 1. The summed E-state index contributed by atoms with van der Waals surface area (Å²) in [6.45, 7) is 1.73. The normalized spacial score (nSPS) is 18.7.